The monoisotopic (exact) mass is 340 g/mol. The van der Waals surface area contributed by atoms with Crippen molar-refractivity contribution in [1.82, 2.24) is 5.43 Å². The quantitative estimate of drug-likeness (QED) is 0.239. The Kier molecular flexibility index (Phi) is 13.2. The number of rotatable bonds is 11. The van der Waals surface area contributed by atoms with Gasteiger partial charge in [-0.25, -0.2) is 5.01 Å². The lowest BCUT2D eigenvalue weighted by Crippen LogP contribution is -3.19. The minimum atomic E-state index is -2.52. The van der Waals surface area contributed by atoms with Gasteiger partial charge in [-0.15, -0.1) is 0 Å². The number of carbonyl (C=O) groups excluding carboxylic acids is 1. The molecule has 0 aromatic rings. The average molecular weight is 341 g/mol. The van der Waals surface area contributed by atoms with Gasteiger partial charge in [0.25, 0.3) is 5.91 Å². The summed E-state index contributed by atoms with van der Waals surface area (Å²) in [6.07, 6.45) is 2.14. The molecular formula is C13H29ClN2O4Si. The predicted molar refractivity (Wildman–Crippen MR) is 80.1 cm³/mol. The molecule has 0 aliphatic heterocycles. The second-order valence-electron chi connectivity index (χ2n) is 5.04. The maximum atomic E-state index is 11.4. The fraction of sp³-hybridized carbons (Fsp3) is 0.769. The molecule has 0 spiro atoms. The van der Waals surface area contributed by atoms with Gasteiger partial charge in [-0.3, -0.25) is 4.79 Å². The van der Waals surface area contributed by atoms with Crippen LogP contribution >= 0.6 is 0 Å². The third-order valence-corrected chi connectivity index (χ3v) is 5.87. The van der Waals surface area contributed by atoms with Gasteiger partial charge in [0.1, 0.15) is 6.54 Å². The van der Waals surface area contributed by atoms with Crippen molar-refractivity contribution in [3.05, 3.63) is 12.7 Å². The molecule has 1 amide bonds. The molecule has 0 rings (SSSR count). The Balaban J connectivity index is 0. The van der Waals surface area contributed by atoms with Crippen LogP contribution in [-0.4, -0.2) is 49.1 Å². The predicted octanol–water partition coefficient (Wildman–Crippen LogP) is -2.98. The Morgan fingerprint density at radius 3 is 2.19 bits per heavy atom. The third-order valence-electron chi connectivity index (χ3n) is 3.03. The molecule has 0 radical (unpaired) electrons. The van der Waals surface area contributed by atoms with E-state index >= 15 is 0 Å². The Morgan fingerprint density at radius 2 is 1.81 bits per heavy atom. The molecule has 0 saturated carbocycles. The largest absolute Gasteiger partial charge is 1.00 e. The summed E-state index contributed by atoms with van der Waals surface area (Å²) in [7, 11) is 2.31. The highest BCUT2D eigenvalue weighted by molar-refractivity contribution is 6.60. The zero-order valence-electron chi connectivity index (χ0n) is 13.7. The van der Waals surface area contributed by atoms with Gasteiger partial charge in [0.05, 0.1) is 6.54 Å². The van der Waals surface area contributed by atoms with Crippen molar-refractivity contribution < 1.29 is 35.5 Å². The zero-order valence-corrected chi connectivity index (χ0v) is 15.5. The lowest BCUT2D eigenvalue weighted by Gasteiger charge is -2.25. The normalized spacial score (nSPS) is 12.7. The van der Waals surface area contributed by atoms with Gasteiger partial charge in [0.2, 0.25) is 0 Å². The maximum absolute atomic E-state index is 11.4. The Bertz CT molecular complexity index is 294. The van der Waals surface area contributed by atoms with Gasteiger partial charge >= 0.3 is 8.80 Å². The number of hydrogen-bond donors (Lipinski definition) is 2. The molecule has 1 unspecified atom stereocenters. The van der Waals surface area contributed by atoms with Crippen LogP contribution in [0.15, 0.2) is 12.7 Å². The summed E-state index contributed by atoms with van der Waals surface area (Å²) in [5.41, 5.74) is 2.89. The number of halogens is 1. The van der Waals surface area contributed by atoms with E-state index in [2.05, 4.69) is 25.9 Å². The molecule has 1 atom stereocenters. The summed E-state index contributed by atoms with van der Waals surface area (Å²) in [6, 6.07) is 0.724. The van der Waals surface area contributed by atoms with E-state index in [4.69, 9.17) is 13.3 Å². The molecule has 0 aliphatic rings. The van der Waals surface area contributed by atoms with Crippen LogP contribution in [-0.2, 0) is 18.1 Å². The summed E-state index contributed by atoms with van der Waals surface area (Å²) in [4.78, 5) is 11.4. The highest BCUT2D eigenvalue weighted by atomic mass is 35.5. The van der Waals surface area contributed by atoms with Crippen LogP contribution in [0.5, 0.6) is 0 Å². The number of amides is 1. The molecule has 8 heteroatoms. The average Bonchev–Trinajstić information content (AvgIpc) is 2.43. The van der Waals surface area contributed by atoms with Crippen LogP contribution in [0.25, 0.3) is 0 Å². The van der Waals surface area contributed by atoms with Gasteiger partial charge in [0.15, 0.2) is 0 Å². The van der Waals surface area contributed by atoms with E-state index in [1.165, 1.54) is 6.08 Å². The molecule has 0 aromatic heterocycles. The molecule has 0 heterocycles. The van der Waals surface area contributed by atoms with Crippen molar-refractivity contribution in [3.63, 3.8) is 0 Å². The molecule has 0 fully saturated rings. The van der Waals surface area contributed by atoms with E-state index in [0.717, 1.165) is 30.6 Å². The van der Waals surface area contributed by atoms with E-state index in [9.17, 15) is 4.79 Å². The summed E-state index contributed by atoms with van der Waals surface area (Å²) in [5, 5.41) is 1.02. The highest BCUT2D eigenvalue weighted by Gasteiger charge is 2.37. The van der Waals surface area contributed by atoms with Crippen LogP contribution in [0.4, 0.5) is 0 Å². The van der Waals surface area contributed by atoms with Crippen LogP contribution in [0, 0.1) is 5.92 Å². The fourth-order valence-electron chi connectivity index (χ4n) is 2.01. The molecule has 2 N–H and O–H groups in total. The second kappa shape index (κ2) is 12.1. The van der Waals surface area contributed by atoms with Gasteiger partial charge in [-0.1, -0.05) is 20.4 Å². The lowest BCUT2D eigenvalue weighted by atomic mass is 10.2. The first kappa shape index (κ1) is 22.8. The topological polar surface area (TPSA) is 61.2 Å². The van der Waals surface area contributed by atoms with Gasteiger partial charge in [-0.2, -0.15) is 5.43 Å². The summed E-state index contributed by atoms with van der Waals surface area (Å²) >= 11 is 0. The van der Waals surface area contributed by atoms with Gasteiger partial charge in [-0.05, 0) is 0 Å². The Hall–Kier alpha value is -0.443. The highest BCUT2D eigenvalue weighted by Crippen LogP contribution is 2.13. The van der Waals surface area contributed by atoms with Crippen molar-refractivity contribution in [3.8, 4) is 0 Å². The van der Waals surface area contributed by atoms with Crippen molar-refractivity contribution in [2.24, 2.45) is 5.92 Å². The van der Waals surface area contributed by atoms with E-state index in [1.807, 2.05) is 0 Å². The van der Waals surface area contributed by atoms with E-state index in [-0.39, 0.29) is 18.3 Å². The lowest BCUT2D eigenvalue weighted by molar-refractivity contribution is -0.938. The van der Waals surface area contributed by atoms with Crippen LogP contribution in [0.1, 0.15) is 20.3 Å². The van der Waals surface area contributed by atoms with E-state index < -0.39 is 8.80 Å². The molecule has 0 aliphatic carbocycles. The third kappa shape index (κ3) is 9.23. The first-order valence-corrected chi connectivity index (χ1v) is 8.79. The van der Waals surface area contributed by atoms with Crippen molar-refractivity contribution in [2.45, 2.75) is 26.3 Å². The second-order valence-corrected chi connectivity index (χ2v) is 8.13. The number of hydrogen-bond acceptors (Lipinski definition) is 4. The zero-order chi connectivity index (χ0) is 15.6. The van der Waals surface area contributed by atoms with Crippen molar-refractivity contribution in [1.29, 1.82) is 0 Å². The van der Waals surface area contributed by atoms with E-state index in [0.29, 0.717) is 5.92 Å². The first-order chi connectivity index (χ1) is 9.42. The van der Waals surface area contributed by atoms with Crippen molar-refractivity contribution in [2.75, 3.05) is 34.4 Å². The molecular weight excluding hydrogens is 312 g/mol. The summed E-state index contributed by atoms with van der Waals surface area (Å²) in [6.45, 7) is 9.38. The summed E-state index contributed by atoms with van der Waals surface area (Å²) in [5.74, 6) is 0.332. The Labute approximate surface area is 135 Å². The molecule has 126 valence electrons. The standard InChI is InChI=1S/C13H28N2O4Si.ClH/c1-7-13(16)14-15(11-12(2)3)9-8-10-20(17-4,18-5)19-6;/h7,12H,1,8-11H2,2-6H3,(H,14,16);1H. The van der Waals surface area contributed by atoms with Crippen LogP contribution in [0.2, 0.25) is 6.04 Å². The molecule has 6 nitrogen and oxygen atoms in total. The van der Waals surface area contributed by atoms with Crippen LogP contribution < -0.4 is 22.8 Å². The minimum Gasteiger partial charge on any atom is -1.00 e. The SMILES string of the molecule is C=CC(=O)N[NH+](CCC[Si](OC)(OC)OC)CC(C)C.[Cl-]. The number of carbonyl (C=O) groups is 1. The number of quaternary nitrogens is 1. The molecule has 0 saturated heterocycles. The van der Waals surface area contributed by atoms with Crippen molar-refractivity contribution >= 4 is 14.7 Å². The minimum absolute atomic E-state index is 0. The van der Waals surface area contributed by atoms with Gasteiger partial charge < -0.3 is 25.7 Å². The summed E-state index contributed by atoms with van der Waals surface area (Å²) < 4.78 is 16.1. The molecule has 0 aromatic carbocycles. The Morgan fingerprint density at radius 1 is 1.29 bits per heavy atom. The fourth-order valence-corrected chi connectivity index (χ4v) is 3.73. The van der Waals surface area contributed by atoms with E-state index in [1.54, 1.807) is 21.3 Å². The smallest absolute Gasteiger partial charge is 0.500 e. The number of nitrogens with one attached hydrogen (secondary N) is 2. The van der Waals surface area contributed by atoms with Gasteiger partial charge in [0, 0.05) is 45.8 Å². The first-order valence-electron chi connectivity index (χ1n) is 6.86. The maximum Gasteiger partial charge on any atom is 0.500 e. The molecule has 0 bridgehead atoms. The molecule has 21 heavy (non-hydrogen) atoms. The van der Waals surface area contributed by atoms with Crippen LogP contribution in [0.3, 0.4) is 0 Å².